The van der Waals surface area contributed by atoms with Crippen molar-refractivity contribution in [3.05, 3.63) is 18.0 Å². The van der Waals surface area contributed by atoms with E-state index in [-0.39, 0.29) is 36.4 Å². The van der Waals surface area contributed by atoms with Gasteiger partial charge in [0, 0.05) is 72.5 Å². The molecule has 0 bridgehead atoms. The van der Waals surface area contributed by atoms with E-state index in [0.717, 1.165) is 90.2 Å². The molecule has 0 spiro atoms. The molecule has 1 aromatic rings. The second-order valence-electron chi connectivity index (χ2n) is 7.92. The van der Waals surface area contributed by atoms with Gasteiger partial charge in [0.2, 0.25) is 5.91 Å². The average Bonchev–Trinajstić information content (AvgIpc) is 3.27. The van der Waals surface area contributed by atoms with Crippen molar-refractivity contribution < 1.29 is 14.1 Å². The van der Waals surface area contributed by atoms with Crippen LogP contribution in [-0.2, 0) is 16.1 Å². The highest BCUT2D eigenvalue weighted by molar-refractivity contribution is 14.0. The number of nitrogens with one attached hydrogen (secondary N) is 1. The first-order chi connectivity index (χ1) is 14.6. The quantitative estimate of drug-likeness (QED) is 0.213. The molecule has 3 rings (SSSR count). The number of hydrogen-bond acceptors (Lipinski definition) is 7. The predicted molar refractivity (Wildman–Crippen MR) is 130 cm³/mol. The summed E-state index contributed by atoms with van der Waals surface area (Å²) in [4.78, 5) is 25.3. The number of carbonyl (C=O) groups is 1. The van der Waals surface area contributed by atoms with Crippen molar-refractivity contribution in [1.82, 2.24) is 30.1 Å². The number of piperazine rings is 1. The number of hydrogen-bond donors (Lipinski definition) is 1. The minimum Gasteiger partial charge on any atom is -0.379 e. The number of amides is 1. The van der Waals surface area contributed by atoms with E-state index in [9.17, 15) is 4.79 Å². The van der Waals surface area contributed by atoms with Gasteiger partial charge in [-0.3, -0.25) is 14.6 Å². The summed E-state index contributed by atoms with van der Waals surface area (Å²) < 4.78 is 10.3. The van der Waals surface area contributed by atoms with Gasteiger partial charge in [-0.1, -0.05) is 5.16 Å². The number of aliphatic imine (C=N–C) groups is 1. The lowest BCUT2D eigenvalue weighted by Crippen LogP contribution is -2.52. The van der Waals surface area contributed by atoms with E-state index in [4.69, 9.17) is 9.26 Å². The van der Waals surface area contributed by atoms with Gasteiger partial charge >= 0.3 is 0 Å². The summed E-state index contributed by atoms with van der Waals surface area (Å²) in [5.41, 5.74) is 0.954. The number of guanidine groups is 1. The molecule has 2 aliphatic rings. The van der Waals surface area contributed by atoms with Crippen LogP contribution in [0.2, 0.25) is 0 Å². The van der Waals surface area contributed by atoms with Crippen LogP contribution in [0.4, 0.5) is 0 Å². The van der Waals surface area contributed by atoms with Gasteiger partial charge in [0.25, 0.3) is 0 Å². The van der Waals surface area contributed by atoms with Gasteiger partial charge in [0.1, 0.15) is 12.8 Å². The zero-order chi connectivity index (χ0) is 21.2. The maximum absolute atomic E-state index is 12.0. The standard InChI is InChI=1S/C20H35N7O3.HI/c1-24(2)19(28)16-22-20(21-5-3-6-25-11-14-29-15-12-25)27-9-7-26(8-10-27)17-18-4-13-30-23-18;/h4,13H,3,5-12,14-17H2,1-2H3,(H,21,22);1H. The topological polar surface area (TPSA) is 89.7 Å². The summed E-state index contributed by atoms with van der Waals surface area (Å²) in [6.45, 7) is 10.1. The smallest absolute Gasteiger partial charge is 0.243 e. The van der Waals surface area contributed by atoms with Gasteiger partial charge in [-0.25, -0.2) is 4.99 Å². The molecule has 1 amide bonds. The first-order valence-corrected chi connectivity index (χ1v) is 10.8. The summed E-state index contributed by atoms with van der Waals surface area (Å²) in [6.07, 6.45) is 2.64. The van der Waals surface area contributed by atoms with Crippen molar-refractivity contribution in [2.45, 2.75) is 13.0 Å². The second-order valence-corrected chi connectivity index (χ2v) is 7.92. The molecule has 31 heavy (non-hydrogen) atoms. The monoisotopic (exact) mass is 549 g/mol. The zero-order valence-electron chi connectivity index (χ0n) is 18.7. The van der Waals surface area contributed by atoms with Crippen LogP contribution < -0.4 is 5.32 Å². The number of likely N-dealkylation sites (N-methyl/N-ethyl adjacent to an activating group) is 1. The summed E-state index contributed by atoms with van der Waals surface area (Å²) in [5, 5.41) is 7.48. The van der Waals surface area contributed by atoms with E-state index in [1.807, 2.05) is 6.07 Å². The van der Waals surface area contributed by atoms with Gasteiger partial charge < -0.3 is 24.4 Å². The minimum atomic E-state index is 0. The predicted octanol–water partition coefficient (Wildman–Crippen LogP) is 0.166. The van der Waals surface area contributed by atoms with Crippen LogP contribution in [0.5, 0.6) is 0 Å². The number of morpholine rings is 1. The van der Waals surface area contributed by atoms with Crippen LogP contribution in [0.15, 0.2) is 21.8 Å². The first-order valence-electron chi connectivity index (χ1n) is 10.8. The van der Waals surface area contributed by atoms with E-state index >= 15 is 0 Å². The Hall–Kier alpha value is -1.44. The lowest BCUT2D eigenvalue weighted by molar-refractivity contribution is -0.127. The van der Waals surface area contributed by atoms with Gasteiger partial charge in [-0.15, -0.1) is 24.0 Å². The molecule has 11 heteroatoms. The SMILES string of the molecule is CN(C)C(=O)CN=C(NCCCN1CCOCC1)N1CCN(Cc2ccon2)CC1.I. The van der Waals surface area contributed by atoms with Crippen molar-refractivity contribution in [1.29, 1.82) is 0 Å². The summed E-state index contributed by atoms with van der Waals surface area (Å²) in [6, 6.07) is 1.90. The Morgan fingerprint density at radius 3 is 2.55 bits per heavy atom. The summed E-state index contributed by atoms with van der Waals surface area (Å²) in [7, 11) is 3.52. The Morgan fingerprint density at radius 2 is 1.90 bits per heavy atom. The summed E-state index contributed by atoms with van der Waals surface area (Å²) in [5.74, 6) is 0.834. The fourth-order valence-electron chi connectivity index (χ4n) is 3.55. The molecule has 176 valence electrons. The van der Waals surface area contributed by atoms with E-state index in [0.29, 0.717) is 0 Å². The molecule has 0 aromatic carbocycles. The first kappa shape index (κ1) is 25.8. The normalized spacial score (nSPS) is 18.5. The molecule has 2 saturated heterocycles. The molecule has 0 aliphatic carbocycles. The van der Waals surface area contributed by atoms with Crippen molar-refractivity contribution in [3.8, 4) is 0 Å². The number of aromatic nitrogens is 1. The van der Waals surface area contributed by atoms with Gasteiger partial charge in [0.15, 0.2) is 5.96 Å². The molecule has 0 atom stereocenters. The zero-order valence-corrected chi connectivity index (χ0v) is 21.0. The molecular weight excluding hydrogens is 513 g/mol. The third kappa shape index (κ3) is 8.91. The Morgan fingerprint density at radius 1 is 1.16 bits per heavy atom. The van der Waals surface area contributed by atoms with Crippen molar-refractivity contribution in [3.63, 3.8) is 0 Å². The molecule has 10 nitrogen and oxygen atoms in total. The Labute approximate surface area is 201 Å². The number of carbonyl (C=O) groups excluding carboxylic acids is 1. The third-order valence-corrected chi connectivity index (χ3v) is 5.45. The summed E-state index contributed by atoms with van der Waals surface area (Å²) >= 11 is 0. The lowest BCUT2D eigenvalue weighted by Gasteiger charge is -2.36. The van der Waals surface area contributed by atoms with E-state index in [1.165, 1.54) is 0 Å². The van der Waals surface area contributed by atoms with Crippen LogP contribution in [0.1, 0.15) is 12.1 Å². The second kappa shape index (κ2) is 13.9. The number of rotatable bonds is 8. The molecule has 0 saturated carbocycles. The Kier molecular flexibility index (Phi) is 11.5. The average molecular weight is 549 g/mol. The van der Waals surface area contributed by atoms with Crippen LogP contribution in [0, 0.1) is 0 Å². The fraction of sp³-hybridized carbons (Fsp3) is 0.750. The largest absolute Gasteiger partial charge is 0.379 e. The highest BCUT2D eigenvalue weighted by Crippen LogP contribution is 2.07. The molecule has 1 N–H and O–H groups in total. The van der Waals surface area contributed by atoms with Crippen LogP contribution in [0.25, 0.3) is 0 Å². The highest BCUT2D eigenvalue weighted by atomic mass is 127. The molecule has 2 fully saturated rings. The van der Waals surface area contributed by atoms with E-state index in [1.54, 1.807) is 25.3 Å². The van der Waals surface area contributed by atoms with Crippen molar-refractivity contribution in [2.24, 2.45) is 4.99 Å². The maximum Gasteiger partial charge on any atom is 0.243 e. The minimum absolute atomic E-state index is 0. The third-order valence-electron chi connectivity index (χ3n) is 5.45. The van der Waals surface area contributed by atoms with E-state index < -0.39 is 0 Å². The van der Waals surface area contributed by atoms with E-state index in [2.05, 4.69) is 30.2 Å². The Bertz CT molecular complexity index is 658. The molecule has 2 aliphatic heterocycles. The number of nitrogens with zero attached hydrogens (tertiary/aromatic N) is 6. The number of halogens is 1. The molecule has 0 radical (unpaired) electrons. The van der Waals surface area contributed by atoms with Crippen LogP contribution in [0.3, 0.4) is 0 Å². The highest BCUT2D eigenvalue weighted by Gasteiger charge is 2.21. The maximum atomic E-state index is 12.0. The van der Waals surface area contributed by atoms with Crippen molar-refractivity contribution >= 4 is 35.8 Å². The van der Waals surface area contributed by atoms with Crippen LogP contribution >= 0.6 is 24.0 Å². The Balaban J connectivity index is 0.00000341. The van der Waals surface area contributed by atoms with Crippen molar-refractivity contribution in [2.75, 3.05) is 86.2 Å². The molecular formula is C20H36IN7O3. The fourth-order valence-corrected chi connectivity index (χ4v) is 3.55. The molecule has 1 aromatic heterocycles. The number of ether oxygens (including phenoxy) is 1. The van der Waals surface area contributed by atoms with Gasteiger partial charge in [-0.2, -0.15) is 0 Å². The van der Waals surface area contributed by atoms with Crippen LogP contribution in [-0.4, -0.2) is 123 Å². The molecule has 0 unspecified atom stereocenters. The van der Waals surface area contributed by atoms with Gasteiger partial charge in [0.05, 0.1) is 18.9 Å². The lowest BCUT2D eigenvalue weighted by atomic mass is 10.3. The van der Waals surface area contributed by atoms with Gasteiger partial charge in [-0.05, 0) is 13.0 Å². The molecule has 3 heterocycles.